The fourth-order valence-electron chi connectivity index (χ4n) is 3.46. The molecule has 1 aliphatic heterocycles. The van der Waals surface area contributed by atoms with Crippen molar-refractivity contribution in [1.29, 1.82) is 0 Å². The van der Waals surface area contributed by atoms with Crippen LogP contribution in [0.4, 0.5) is 0 Å². The molecule has 0 radical (unpaired) electrons. The summed E-state index contributed by atoms with van der Waals surface area (Å²) >= 11 is 0. The van der Waals surface area contributed by atoms with Crippen molar-refractivity contribution in [3.63, 3.8) is 0 Å². The zero-order valence-corrected chi connectivity index (χ0v) is 12.9. The fraction of sp³-hybridized carbons (Fsp3) is 0.333. The number of aliphatic hydroxyl groups excluding tert-OH is 4. The topological polar surface area (TPSA) is 95.1 Å². The van der Waals surface area contributed by atoms with Crippen molar-refractivity contribution in [3.8, 4) is 0 Å². The normalized spacial score (nSPS) is 30.9. The molecule has 3 aromatic rings. The number of hydrogen-bond donors (Lipinski definition) is 4. The summed E-state index contributed by atoms with van der Waals surface area (Å²) in [5, 5.41) is 41.6. The Bertz CT molecular complexity index is 823. The van der Waals surface area contributed by atoms with Crippen molar-refractivity contribution in [2.24, 2.45) is 0 Å². The number of ether oxygens (including phenoxy) is 1. The number of rotatable bonds is 2. The average molecular weight is 329 g/mol. The minimum atomic E-state index is -1.53. The predicted molar refractivity (Wildman–Crippen MR) is 88.3 cm³/mol. The Morgan fingerprint density at radius 3 is 1.88 bits per heavy atom. The molecule has 4 rings (SSSR count). The van der Waals surface area contributed by atoms with Crippen LogP contribution in [0.3, 0.4) is 0 Å². The summed E-state index contributed by atoms with van der Waals surface area (Å²) in [5.41, 5.74) is 1.95. The lowest BCUT2D eigenvalue weighted by Crippen LogP contribution is -2.58. The number of fused-ring (bicyclic) bond motifs is 3. The molecule has 0 bridgehead atoms. The molecule has 126 valence electrons. The first kappa shape index (κ1) is 15.6. The summed E-state index contributed by atoms with van der Waals surface area (Å²) in [4.78, 5) is 0. The SMILES string of the molecule is OC1OC(Cn2c3ccccc3c3ccccc32)C(O)C(O)C1O. The molecular weight excluding hydrogens is 310 g/mol. The number of nitrogens with zero attached hydrogens (tertiary/aromatic N) is 1. The highest BCUT2D eigenvalue weighted by atomic mass is 16.6. The van der Waals surface area contributed by atoms with Gasteiger partial charge in [0.15, 0.2) is 6.29 Å². The molecular formula is C18H19NO5. The first-order chi connectivity index (χ1) is 11.6. The van der Waals surface area contributed by atoms with Gasteiger partial charge in [0, 0.05) is 21.8 Å². The quantitative estimate of drug-likeness (QED) is 0.552. The van der Waals surface area contributed by atoms with Gasteiger partial charge in [0.05, 0.1) is 6.54 Å². The number of benzene rings is 2. The third-order valence-electron chi connectivity index (χ3n) is 4.73. The van der Waals surface area contributed by atoms with E-state index in [-0.39, 0.29) is 6.54 Å². The van der Waals surface area contributed by atoms with E-state index in [1.807, 2.05) is 53.1 Å². The maximum atomic E-state index is 10.2. The lowest BCUT2D eigenvalue weighted by Gasteiger charge is -2.38. The van der Waals surface area contributed by atoms with Gasteiger partial charge in [-0.2, -0.15) is 0 Å². The van der Waals surface area contributed by atoms with Crippen molar-refractivity contribution in [3.05, 3.63) is 48.5 Å². The first-order valence-electron chi connectivity index (χ1n) is 7.91. The van der Waals surface area contributed by atoms with Crippen LogP contribution in [0, 0.1) is 0 Å². The molecule has 1 aromatic heterocycles. The van der Waals surface area contributed by atoms with Crippen LogP contribution < -0.4 is 0 Å². The molecule has 5 atom stereocenters. The van der Waals surface area contributed by atoms with Gasteiger partial charge in [0.2, 0.25) is 0 Å². The summed E-state index contributed by atoms with van der Waals surface area (Å²) in [6.07, 6.45) is -6.62. The summed E-state index contributed by atoms with van der Waals surface area (Å²) in [7, 11) is 0. The number of aliphatic hydroxyl groups is 4. The van der Waals surface area contributed by atoms with Crippen molar-refractivity contribution >= 4 is 21.8 Å². The molecule has 2 heterocycles. The standard InChI is InChI=1S/C18H19NO5/c20-15-14(24-18(23)17(22)16(15)21)9-19-12-7-3-1-5-10(12)11-6-2-4-8-13(11)19/h1-8,14-18,20-23H,9H2. The van der Waals surface area contributed by atoms with Crippen LogP contribution in [0.15, 0.2) is 48.5 Å². The second kappa shape index (κ2) is 5.84. The van der Waals surface area contributed by atoms with Crippen molar-refractivity contribution in [2.45, 2.75) is 37.3 Å². The molecule has 2 aromatic carbocycles. The van der Waals surface area contributed by atoms with E-state index in [0.29, 0.717) is 0 Å². The molecule has 0 spiro atoms. The third-order valence-corrected chi connectivity index (χ3v) is 4.73. The third kappa shape index (κ3) is 2.31. The molecule has 6 heteroatoms. The minimum Gasteiger partial charge on any atom is -0.388 e. The molecule has 5 unspecified atom stereocenters. The van der Waals surface area contributed by atoms with Gasteiger partial charge in [-0.3, -0.25) is 0 Å². The Balaban J connectivity index is 1.79. The Labute approximate surface area is 138 Å². The van der Waals surface area contributed by atoms with Crippen LogP contribution in [-0.4, -0.2) is 55.7 Å². The molecule has 0 amide bonds. The van der Waals surface area contributed by atoms with E-state index in [1.54, 1.807) is 0 Å². The van der Waals surface area contributed by atoms with Gasteiger partial charge in [0.25, 0.3) is 0 Å². The van der Waals surface area contributed by atoms with E-state index < -0.39 is 30.7 Å². The molecule has 1 saturated heterocycles. The maximum absolute atomic E-state index is 10.2. The van der Waals surface area contributed by atoms with E-state index in [9.17, 15) is 20.4 Å². The largest absolute Gasteiger partial charge is 0.388 e. The van der Waals surface area contributed by atoms with Gasteiger partial charge in [-0.1, -0.05) is 36.4 Å². The Hall–Kier alpha value is -1.96. The second-order valence-corrected chi connectivity index (χ2v) is 6.18. The highest BCUT2D eigenvalue weighted by Gasteiger charge is 2.43. The molecule has 1 aliphatic rings. The van der Waals surface area contributed by atoms with Crippen molar-refractivity contribution in [1.82, 2.24) is 4.57 Å². The number of para-hydroxylation sites is 2. The predicted octanol–water partition coefficient (Wildman–Crippen LogP) is 0.594. The maximum Gasteiger partial charge on any atom is 0.184 e. The van der Waals surface area contributed by atoms with Crippen molar-refractivity contribution in [2.75, 3.05) is 0 Å². The smallest absolute Gasteiger partial charge is 0.184 e. The van der Waals surface area contributed by atoms with Crippen LogP contribution in [0.2, 0.25) is 0 Å². The van der Waals surface area contributed by atoms with Gasteiger partial charge < -0.3 is 29.7 Å². The van der Waals surface area contributed by atoms with Gasteiger partial charge in [0.1, 0.15) is 24.4 Å². The Morgan fingerprint density at radius 1 is 0.750 bits per heavy atom. The van der Waals surface area contributed by atoms with E-state index in [2.05, 4.69) is 0 Å². The van der Waals surface area contributed by atoms with Crippen LogP contribution in [0.5, 0.6) is 0 Å². The van der Waals surface area contributed by atoms with Crippen LogP contribution >= 0.6 is 0 Å². The first-order valence-corrected chi connectivity index (χ1v) is 7.91. The van der Waals surface area contributed by atoms with Crippen molar-refractivity contribution < 1.29 is 25.2 Å². The lowest BCUT2D eigenvalue weighted by molar-refractivity contribution is -0.283. The second-order valence-electron chi connectivity index (χ2n) is 6.18. The molecule has 24 heavy (non-hydrogen) atoms. The summed E-state index contributed by atoms with van der Waals surface area (Å²) < 4.78 is 7.32. The average Bonchev–Trinajstić information content (AvgIpc) is 2.92. The molecule has 0 aliphatic carbocycles. The van der Waals surface area contributed by atoms with Gasteiger partial charge >= 0.3 is 0 Å². The van der Waals surface area contributed by atoms with E-state index >= 15 is 0 Å². The fourth-order valence-corrected chi connectivity index (χ4v) is 3.46. The van der Waals surface area contributed by atoms with Gasteiger partial charge in [-0.15, -0.1) is 0 Å². The minimum absolute atomic E-state index is 0.246. The van der Waals surface area contributed by atoms with E-state index in [4.69, 9.17) is 4.74 Å². The zero-order valence-electron chi connectivity index (χ0n) is 12.9. The van der Waals surface area contributed by atoms with E-state index in [0.717, 1.165) is 21.8 Å². The summed E-state index contributed by atoms with van der Waals surface area (Å²) in [6.45, 7) is 0.246. The number of hydrogen-bond acceptors (Lipinski definition) is 5. The molecule has 6 nitrogen and oxygen atoms in total. The van der Waals surface area contributed by atoms with E-state index in [1.165, 1.54) is 0 Å². The van der Waals surface area contributed by atoms with Crippen LogP contribution in [0.1, 0.15) is 0 Å². The van der Waals surface area contributed by atoms with Gasteiger partial charge in [-0.25, -0.2) is 0 Å². The van der Waals surface area contributed by atoms with Crippen LogP contribution in [0.25, 0.3) is 21.8 Å². The number of aromatic nitrogens is 1. The monoisotopic (exact) mass is 329 g/mol. The zero-order chi connectivity index (χ0) is 16.8. The lowest BCUT2D eigenvalue weighted by atomic mass is 9.99. The molecule has 1 fully saturated rings. The van der Waals surface area contributed by atoms with Gasteiger partial charge in [-0.05, 0) is 12.1 Å². The summed E-state index contributed by atoms with van der Waals surface area (Å²) in [5.74, 6) is 0. The van der Waals surface area contributed by atoms with Crippen LogP contribution in [-0.2, 0) is 11.3 Å². The highest BCUT2D eigenvalue weighted by Crippen LogP contribution is 2.30. The molecule has 4 N–H and O–H groups in total. The Kier molecular flexibility index (Phi) is 3.79. The Morgan fingerprint density at radius 2 is 1.29 bits per heavy atom. The highest BCUT2D eigenvalue weighted by molar-refractivity contribution is 6.07. The molecule has 0 saturated carbocycles. The summed E-state index contributed by atoms with van der Waals surface area (Å²) in [6, 6.07) is 15.8.